The van der Waals surface area contributed by atoms with E-state index in [2.05, 4.69) is 4.72 Å². The molecule has 0 bridgehead atoms. The molecule has 0 radical (unpaired) electrons. The second-order valence-electron chi connectivity index (χ2n) is 4.53. The average molecular weight is 275 g/mol. The van der Waals surface area contributed by atoms with Crippen molar-refractivity contribution in [1.29, 1.82) is 0 Å². The van der Waals surface area contributed by atoms with Gasteiger partial charge < -0.3 is 5.11 Å². The van der Waals surface area contributed by atoms with Gasteiger partial charge >= 0.3 is 0 Å². The summed E-state index contributed by atoms with van der Waals surface area (Å²) in [5, 5.41) is 10.6. The van der Waals surface area contributed by atoms with Crippen LogP contribution in [0.3, 0.4) is 0 Å². The number of hydrogen-bond donors (Lipinski definition) is 2. The maximum Gasteiger partial charge on any atom is 0.250 e. The normalized spacial score (nSPS) is 18.9. The van der Waals surface area contributed by atoms with Crippen molar-refractivity contribution in [2.45, 2.75) is 43.0 Å². The second kappa shape index (κ2) is 5.06. The van der Waals surface area contributed by atoms with Crippen molar-refractivity contribution in [1.82, 2.24) is 4.72 Å². The van der Waals surface area contributed by atoms with E-state index in [9.17, 15) is 8.42 Å². The van der Waals surface area contributed by atoms with Gasteiger partial charge in [-0.3, -0.25) is 0 Å². The summed E-state index contributed by atoms with van der Waals surface area (Å²) in [6.45, 7) is 1.80. The Kier molecular flexibility index (Phi) is 3.87. The minimum absolute atomic E-state index is 0.00609. The summed E-state index contributed by atoms with van der Waals surface area (Å²) in [4.78, 5) is 0. The van der Waals surface area contributed by atoms with E-state index in [0.717, 1.165) is 24.2 Å². The van der Waals surface area contributed by atoms with Crippen LogP contribution in [0.25, 0.3) is 0 Å². The number of sulfonamides is 1. The van der Waals surface area contributed by atoms with Gasteiger partial charge in [0.15, 0.2) is 0 Å². The highest BCUT2D eigenvalue weighted by Gasteiger charge is 2.28. The molecule has 17 heavy (non-hydrogen) atoms. The van der Waals surface area contributed by atoms with Crippen molar-refractivity contribution in [2.75, 3.05) is 0 Å². The van der Waals surface area contributed by atoms with Crippen molar-refractivity contribution < 1.29 is 13.5 Å². The summed E-state index contributed by atoms with van der Waals surface area (Å²) in [5.74, 6) is 0.474. The van der Waals surface area contributed by atoms with Gasteiger partial charge in [0.05, 0.1) is 6.61 Å². The Morgan fingerprint density at radius 1 is 1.59 bits per heavy atom. The summed E-state index contributed by atoms with van der Waals surface area (Å²) in [6, 6.07) is 1.52. The monoisotopic (exact) mass is 275 g/mol. The lowest BCUT2D eigenvalue weighted by Crippen LogP contribution is -2.40. The lowest BCUT2D eigenvalue weighted by molar-refractivity contribution is 0.260. The van der Waals surface area contributed by atoms with Crippen LogP contribution in [-0.2, 0) is 16.6 Å². The molecule has 0 aromatic carbocycles. The topological polar surface area (TPSA) is 66.4 Å². The minimum Gasteiger partial charge on any atom is -0.392 e. The Balaban J connectivity index is 2.07. The number of aliphatic hydroxyl groups excluding tert-OH is 1. The van der Waals surface area contributed by atoms with Crippen LogP contribution in [0.1, 0.15) is 31.7 Å². The first-order chi connectivity index (χ1) is 8.03. The minimum atomic E-state index is -3.41. The molecule has 1 aromatic heterocycles. The number of thiophene rings is 1. The van der Waals surface area contributed by atoms with Crippen LogP contribution in [0.5, 0.6) is 0 Å². The summed E-state index contributed by atoms with van der Waals surface area (Å²) < 4.78 is 27.1. The zero-order valence-corrected chi connectivity index (χ0v) is 11.4. The molecule has 2 N–H and O–H groups in total. The Hall–Kier alpha value is -0.430. The molecule has 0 saturated heterocycles. The van der Waals surface area contributed by atoms with Crippen LogP contribution in [0.15, 0.2) is 15.7 Å². The van der Waals surface area contributed by atoms with Gasteiger partial charge in [-0.2, -0.15) is 0 Å². The first kappa shape index (κ1) is 13.0. The molecule has 1 atom stereocenters. The van der Waals surface area contributed by atoms with E-state index in [1.165, 1.54) is 12.5 Å². The molecule has 4 nitrogen and oxygen atoms in total. The maximum atomic E-state index is 12.0. The fraction of sp³-hybridized carbons (Fsp3) is 0.636. The predicted molar refractivity (Wildman–Crippen MR) is 67.4 cm³/mol. The van der Waals surface area contributed by atoms with Crippen molar-refractivity contribution in [2.24, 2.45) is 5.92 Å². The van der Waals surface area contributed by atoms with Gasteiger partial charge in [-0.25, -0.2) is 13.1 Å². The molecule has 6 heteroatoms. The molecular formula is C11H17NO3S2. The van der Waals surface area contributed by atoms with Gasteiger partial charge in [0, 0.05) is 6.04 Å². The van der Waals surface area contributed by atoms with E-state index >= 15 is 0 Å². The van der Waals surface area contributed by atoms with E-state index in [-0.39, 0.29) is 16.9 Å². The van der Waals surface area contributed by atoms with Crippen LogP contribution >= 0.6 is 11.3 Å². The Morgan fingerprint density at radius 2 is 2.29 bits per heavy atom. The summed E-state index contributed by atoms with van der Waals surface area (Å²) in [7, 11) is -3.41. The summed E-state index contributed by atoms with van der Waals surface area (Å²) in [5.41, 5.74) is 0.645. The molecule has 1 unspecified atom stereocenters. The Bertz CT molecular complexity index is 477. The van der Waals surface area contributed by atoms with Crippen LogP contribution in [0.2, 0.25) is 0 Å². The highest BCUT2D eigenvalue weighted by molar-refractivity contribution is 7.91. The fourth-order valence-electron chi connectivity index (χ4n) is 1.92. The maximum absolute atomic E-state index is 12.0. The molecule has 1 saturated carbocycles. The molecule has 2 rings (SSSR count). The standard InChI is InChI=1S/C11H17NO3S2/c1-8(10-3-2-4-10)12-17(14,15)11-5-9(6-13)7-16-11/h5,7-8,10,12-13H,2-4,6H2,1H3. The lowest BCUT2D eigenvalue weighted by Gasteiger charge is -2.31. The first-order valence-corrected chi connectivity index (χ1v) is 8.10. The fourth-order valence-corrected chi connectivity index (χ4v) is 4.45. The molecule has 96 valence electrons. The van der Waals surface area contributed by atoms with Gasteiger partial charge in [-0.1, -0.05) is 6.42 Å². The largest absolute Gasteiger partial charge is 0.392 e. The van der Waals surface area contributed by atoms with Gasteiger partial charge in [0.25, 0.3) is 0 Å². The average Bonchev–Trinajstić information content (AvgIpc) is 2.62. The van der Waals surface area contributed by atoms with Crippen LogP contribution < -0.4 is 4.72 Å². The van der Waals surface area contributed by atoms with Gasteiger partial charge in [-0.15, -0.1) is 11.3 Å². The summed E-state index contributed by atoms with van der Waals surface area (Å²) >= 11 is 1.15. The van der Waals surface area contributed by atoms with E-state index in [1.54, 1.807) is 5.38 Å². The third-order valence-electron chi connectivity index (χ3n) is 3.28. The number of aliphatic hydroxyl groups is 1. The van der Waals surface area contributed by atoms with Gasteiger partial charge in [0.2, 0.25) is 10.0 Å². The van der Waals surface area contributed by atoms with Crippen molar-refractivity contribution in [3.63, 3.8) is 0 Å². The molecule has 1 heterocycles. The second-order valence-corrected chi connectivity index (χ2v) is 7.39. The number of hydrogen-bond acceptors (Lipinski definition) is 4. The van der Waals surface area contributed by atoms with Crippen LogP contribution in [-0.4, -0.2) is 19.6 Å². The first-order valence-electron chi connectivity index (χ1n) is 5.73. The van der Waals surface area contributed by atoms with E-state index in [4.69, 9.17) is 5.11 Å². The Labute approximate surface area is 106 Å². The third-order valence-corrected chi connectivity index (χ3v) is 6.32. The molecule has 0 spiro atoms. The highest BCUT2D eigenvalue weighted by atomic mass is 32.2. The van der Waals surface area contributed by atoms with Gasteiger partial charge in [0.1, 0.15) is 4.21 Å². The summed E-state index contributed by atoms with van der Waals surface area (Å²) in [6.07, 6.45) is 3.41. The van der Waals surface area contributed by atoms with E-state index < -0.39 is 10.0 Å². The quantitative estimate of drug-likeness (QED) is 0.859. The molecule has 1 aliphatic rings. The molecule has 1 aromatic rings. The van der Waals surface area contributed by atoms with Crippen molar-refractivity contribution in [3.8, 4) is 0 Å². The van der Waals surface area contributed by atoms with Crippen LogP contribution in [0, 0.1) is 5.92 Å². The molecule has 1 aliphatic carbocycles. The molecular weight excluding hydrogens is 258 g/mol. The SMILES string of the molecule is CC(NS(=O)(=O)c1cc(CO)cs1)C1CCC1. The van der Waals surface area contributed by atoms with Crippen LogP contribution in [0.4, 0.5) is 0 Å². The number of nitrogens with one attached hydrogen (secondary N) is 1. The van der Waals surface area contributed by atoms with E-state index in [0.29, 0.717) is 11.5 Å². The predicted octanol–water partition coefficient (Wildman–Crippen LogP) is 1.71. The van der Waals surface area contributed by atoms with Gasteiger partial charge in [-0.05, 0) is 42.7 Å². The van der Waals surface area contributed by atoms with Crippen molar-refractivity contribution in [3.05, 3.63) is 17.0 Å². The number of rotatable bonds is 5. The smallest absolute Gasteiger partial charge is 0.250 e. The van der Waals surface area contributed by atoms with Crippen molar-refractivity contribution >= 4 is 21.4 Å². The Morgan fingerprint density at radius 3 is 2.76 bits per heavy atom. The zero-order valence-electron chi connectivity index (χ0n) is 9.72. The molecule has 1 fully saturated rings. The zero-order chi connectivity index (χ0) is 12.5. The van der Waals surface area contributed by atoms with E-state index in [1.807, 2.05) is 6.92 Å². The third kappa shape index (κ3) is 2.88. The lowest BCUT2D eigenvalue weighted by atomic mass is 9.81. The molecule has 0 amide bonds. The molecule has 0 aliphatic heterocycles. The highest BCUT2D eigenvalue weighted by Crippen LogP contribution is 2.30.